The van der Waals surface area contributed by atoms with Crippen LogP contribution in [0.3, 0.4) is 0 Å². The Morgan fingerprint density at radius 1 is 1.44 bits per heavy atom. The molecular formula is C17H19N7O3. The van der Waals surface area contributed by atoms with Gasteiger partial charge in [0.2, 0.25) is 5.82 Å². The molecule has 2 aromatic heterocycles. The van der Waals surface area contributed by atoms with Gasteiger partial charge in [-0.3, -0.25) is 14.3 Å². The number of hydrogen-bond acceptors (Lipinski definition) is 6. The third-order valence-electron chi connectivity index (χ3n) is 4.45. The van der Waals surface area contributed by atoms with Crippen LogP contribution < -0.4 is 15.0 Å². The fourth-order valence-electron chi connectivity index (χ4n) is 3.01. The molecule has 0 fully saturated rings. The maximum Gasteiger partial charge on any atom is 0.291 e. The van der Waals surface area contributed by atoms with Gasteiger partial charge in [-0.2, -0.15) is 0 Å². The van der Waals surface area contributed by atoms with Crippen LogP contribution in [0.15, 0.2) is 18.5 Å². The van der Waals surface area contributed by atoms with Crippen LogP contribution in [0.2, 0.25) is 0 Å². The number of fused-ring (bicyclic) bond motifs is 2. The van der Waals surface area contributed by atoms with Crippen LogP contribution in [0.25, 0.3) is 11.0 Å². The molecule has 3 heterocycles. The number of carbonyl (C=O) groups excluding carboxylic acids is 2. The number of anilines is 1. The molecule has 4 rings (SSSR count). The molecule has 10 nitrogen and oxygen atoms in total. The van der Waals surface area contributed by atoms with E-state index in [0.29, 0.717) is 18.0 Å². The topological polar surface area (TPSA) is 118 Å². The smallest absolute Gasteiger partial charge is 0.291 e. The van der Waals surface area contributed by atoms with Crippen LogP contribution in [0.5, 0.6) is 5.75 Å². The molecule has 0 unspecified atom stereocenters. The predicted molar refractivity (Wildman–Crippen MR) is 96.7 cm³/mol. The van der Waals surface area contributed by atoms with Crippen molar-refractivity contribution in [3.8, 4) is 5.75 Å². The van der Waals surface area contributed by atoms with E-state index in [2.05, 4.69) is 25.4 Å². The quantitative estimate of drug-likeness (QED) is 0.699. The minimum atomic E-state index is -0.850. The van der Waals surface area contributed by atoms with Gasteiger partial charge in [-0.05, 0) is 19.9 Å². The summed E-state index contributed by atoms with van der Waals surface area (Å²) in [6.07, 6.45) is 1.47. The number of nitrogens with one attached hydrogen (secondary N) is 2. The number of carbonyl (C=O) groups is 2. The van der Waals surface area contributed by atoms with Gasteiger partial charge in [0.1, 0.15) is 30.5 Å². The lowest BCUT2D eigenvalue weighted by Gasteiger charge is -2.19. The Bertz CT molecular complexity index is 1040. The first-order chi connectivity index (χ1) is 13.0. The van der Waals surface area contributed by atoms with Crippen LogP contribution in [-0.4, -0.2) is 56.2 Å². The highest BCUT2D eigenvalue weighted by Crippen LogP contribution is 2.34. The van der Waals surface area contributed by atoms with E-state index < -0.39 is 11.9 Å². The Balaban J connectivity index is 1.58. The Kier molecular flexibility index (Phi) is 4.02. The monoisotopic (exact) mass is 369 g/mol. The number of imidazole rings is 1. The second-order valence-electron chi connectivity index (χ2n) is 6.32. The summed E-state index contributed by atoms with van der Waals surface area (Å²) >= 11 is 0. The largest absolute Gasteiger partial charge is 0.489 e. The molecule has 0 spiro atoms. The molecule has 1 aliphatic rings. The Labute approximate surface area is 154 Å². The molecule has 0 saturated heterocycles. The molecule has 3 aromatic rings. The number of hydrogen-bond donors (Lipinski definition) is 2. The summed E-state index contributed by atoms with van der Waals surface area (Å²) in [6.45, 7) is 4.36. The molecule has 1 atom stereocenters. The number of likely N-dealkylation sites (N-methyl/N-ethyl adjacent to an activating group) is 1. The van der Waals surface area contributed by atoms with Crippen molar-refractivity contribution >= 4 is 28.5 Å². The van der Waals surface area contributed by atoms with Gasteiger partial charge in [0.15, 0.2) is 0 Å². The van der Waals surface area contributed by atoms with E-state index in [1.807, 2.05) is 19.9 Å². The van der Waals surface area contributed by atoms with Crippen molar-refractivity contribution in [2.24, 2.45) is 0 Å². The molecule has 1 aromatic carbocycles. The van der Waals surface area contributed by atoms with Crippen LogP contribution in [0.1, 0.15) is 23.4 Å². The van der Waals surface area contributed by atoms with Gasteiger partial charge < -0.3 is 19.9 Å². The normalized spacial score (nSPS) is 16.8. The molecule has 1 aliphatic heterocycles. The summed E-state index contributed by atoms with van der Waals surface area (Å²) in [7, 11) is 1.64. The number of aromatic amines is 1. The summed E-state index contributed by atoms with van der Waals surface area (Å²) in [5.74, 6) is 0.536. The van der Waals surface area contributed by atoms with Crippen molar-refractivity contribution in [3.63, 3.8) is 0 Å². The van der Waals surface area contributed by atoms with E-state index in [1.165, 1.54) is 11.2 Å². The number of H-pyrrole nitrogens is 1. The average Bonchev–Trinajstić information content (AvgIpc) is 3.25. The zero-order chi connectivity index (χ0) is 19.1. The minimum absolute atomic E-state index is 0.00895. The summed E-state index contributed by atoms with van der Waals surface area (Å²) in [4.78, 5) is 38.2. The Morgan fingerprint density at radius 3 is 3.00 bits per heavy atom. The summed E-state index contributed by atoms with van der Waals surface area (Å²) in [5.41, 5.74) is 2.17. The number of ether oxygens (including phenoxy) is 1. The maximum atomic E-state index is 12.8. The van der Waals surface area contributed by atoms with Crippen molar-refractivity contribution in [1.29, 1.82) is 0 Å². The molecule has 0 bridgehead atoms. The summed E-state index contributed by atoms with van der Waals surface area (Å²) in [6, 6.07) is 2.75. The zero-order valence-corrected chi connectivity index (χ0v) is 15.2. The van der Waals surface area contributed by atoms with Crippen LogP contribution in [-0.2, 0) is 11.3 Å². The number of rotatable bonds is 3. The minimum Gasteiger partial charge on any atom is -0.489 e. The van der Waals surface area contributed by atoms with E-state index in [-0.39, 0.29) is 18.3 Å². The lowest BCUT2D eigenvalue weighted by molar-refractivity contribution is -0.120. The first-order valence-corrected chi connectivity index (χ1v) is 8.57. The van der Waals surface area contributed by atoms with E-state index in [4.69, 9.17) is 4.74 Å². The molecule has 0 aliphatic carbocycles. The molecule has 0 saturated carbocycles. The number of nitrogens with zero attached hydrogens (tertiary/aromatic N) is 5. The average molecular weight is 369 g/mol. The third-order valence-corrected chi connectivity index (χ3v) is 4.45. The molecule has 2 amide bonds. The van der Waals surface area contributed by atoms with E-state index in [1.54, 1.807) is 17.8 Å². The SMILES string of the molecule is CCn1cnc(C(=O)N[C@H]2COc3cc4[nH]c(C)nc4cc3N(C)C2=O)n1. The predicted octanol–water partition coefficient (Wildman–Crippen LogP) is 0.637. The lowest BCUT2D eigenvalue weighted by atomic mass is 10.2. The number of amides is 2. The van der Waals surface area contributed by atoms with Gasteiger partial charge in [0, 0.05) is 19.7 Å². The number of benzene rings is 1. The maximum absolute atomic E-state index is 12.8. The summed E-state index contributed by atoms with van der Waals surface area (Å²) < 4.78 is 7.35. The van der Waals surface area contributed by atoms with E-state index in [0.717, 1.165) is 16.9 Å². The second kappa shape index (κ2) is 6.38. The molecule has 0 radical (unpaired) electrons. The Morgan fingerprint density at radius 2 is 2.26 bits per heavy atom. The molecular weight excluding hydrogens is 350 g/mol. The highest BCUT2D eigenvalue weighted by molar-refractivity contribution is 6.03. The third kappa shape index (κ3) is 2.98. The van der Waals surface area contributed by atoms with Crippen molar-refractivity contribution in [1.82, 2.24) is 30.0 Å². The van der Waals surface area contributed by atoms with Crippen molar-refractivity contribution in [2.45, 2.75) is 26.4 Å². The van der Waals surface area contributed by atoms with Gasteiger partial charge >= 0.3 is 0 Å². The van der Waals surface area contributed by atoms with E-state index >= 15 is 0 Å². The second-order valence-corrected chi connectivity index (χ2v) is 6.32. The highest BCUT2D eigenvalue weighted by Gasteiger charge is 2.32. The van der Waals surface area contributed by atoms with Crippen LogP contribution in [0.4, 0.5) is 5.69 Å². The fraction of sp³-hybridized carbons (Fsp3) is 0.353. The number of aromatic nitrogens is 5. The van der Waals surface area contributed by atoms with Crippen molar-refractivity contribution in [2.75, 3.05) is 18.6 Å². The standard InChI is InChI=1S/C17H19N7O3/c1-4-24-8-18-15(22-24)16(25)21-12-7-27-14-6-11-10(19-9(2)20-11)5-13(14)23(3)17(12)26/h5-6,8,12H,4,7H2,1-3H3,(H,19,20)(H,21,25)/t12-/m0/s1. The van der Waals surface area contributed by atoms with Crippen molar-refractivity contribution < 1.29 is 14.3 Å². The molecule has 27 heavy (non-hydrogen) atoms. The zero-order valence-electron chi connectivity index (χ0n) is 15.2. The number of aryl methyl sites for hydroxylation is 2. The fourth-order valence-corrected chi connectivity index (χ4v) is 3.01. The summed E-state index contributed by atoms with van der Waals surface area (Å²) in [5, 5.41) is 6.71. The van der Waals surface area contributed by atoms with Gasteiger partial charge in [-0.1, -0.05) is 0 Å². The van der Waals surface area contributed by atoms with E-state index in [9.17, 15) is 9.59 Å². The Hall–Kier alpha value is -3.43. The lowest BCUT2D eigenvalue weighted by Crippen LogP contribution is -2.49. The highest BCUT2D eigenvalue weighted by atomic mass is 16.5. The van der Waals surface area contributed by atoms with Gasteiger partial charge in [0.05, 0.1) is 16.7 Å². The molecule has 2 N–H and O–H groups in total. The first-order valence-electron chi connectivity index (χ1n) is 8.57. The van der Waals surface area contributed by atoms with Gasteiger partial charge in [-0.25, -0.2) is 9.97 Å². The first kappa shape index (κ1) is 17.0. The molecule has 140 valence electrons. The van der Waals surface area contributed by atoms with Gasteiger partial charge in [-0.15, -0.1) is 5.10 Å². The molecule has 10 heteroatoms. The van der Waals surface area contributed by atoms with Crippen LogP contribution >= 0.6 is 0 Å². The van der Waals surface area contributed by atoms with Crippen molar-refractivity contribution in [3.05, 3.63) is 30.1 Å². The van der Waals surface area contributed by atoms with Crippen LogP contribution in [0, 0.1) is 6.92 Å². The van der Waals surface area contributed by atoms with Gasteiger partial charge in [0.25, 0.3) is 11.8 Å².